The highest BCUT2D eigenvalue weighted by molar-refractivity contribution is 7.89. The van der Waals surface area contributed by atoms with Crippen LogP contribution >= 0.6 is 11.6 Å². The van der Waals surface area contributed by atoms with Crippen LogP contribution in [0.15, 0.2) is 47.4 Å². The topological polar surface area (TPSA) is 134 Å². The van der Waals surface area contributed by atoms with Crippen molar-refractivity contribution in [3.05, 3.63) is 64.2 Å². The van der Waals surface area contributed by atoms with Crippen LogP contribution in [0.2, 0.25) is 5.02 Å². The molecule has 0 saturated carbocycles. The number of likely N-dealkylation sites (tertiary alicyclic amines) is 1. The van der Waals surface area contributed by atoms with E-state index in [0.717, 1.165) is 5.56 Å². The summed E-state index contributed by atoms with van der Waals surface area (Å²) in [4.78, 5) is 40.1. The zero-order chi connectivity index (χ0) is 27.7. The lowest BCUT2D eigenvalue weighted by Crippen LogP contribution is -2.48. The van der Waals surface area contributed by atoms with Gasteiger partial charge in [-0.25, -0.2) is 13.2 Å². The predicted octanol–water partition coefficient (Wildman–Crippen LogP) is 3.01. The lowest BCUT2D eigenvalue weighted by Gasteiger charge is -2.27. The van der Waals surface area contributed by atoms with E-state index in [-0.39, 0.29) is 23.9 Å². The number of rotatable bonds is 6. The van der Waals surface area contributed by atoms with Crippen molar-refractivity contribution in [3.8, 4) is 0 Å². The first-order chi connectivity index (χ1) is 17.9. The summed E-state index contributed by atoms with van der Waals surface area (Å²) in [5, 5.41) is 6.04. The molecule has 1 fully saturated rings. The molecule has 3 N–H and O–H groups in total. The second kappa shape index (κ2) is 10.9. The van der Waals surface area contributed by atoms with E-state index in [1.54, 1.807) is 57.2 Å². The van der Waals surface area contributed by atoms with E-state index >= 15 is 0 Å². The van der Waals surface area contributed by atoms with Crippen LogP contribution in [0.3, 0.4) is 0 Å². The van der Waals surface area contributed by atoms with Gasteiger partial charge in [-0.1, -0.05) is 35.9 Å². The van der Waals surface area contributed by atoms with Gasteiger partial charge in [-0.3, -0.25) is 9.59 Å². The fourth-order valence-electron chi connectivity index (χ4n) is 4.61. The van der Waals surface area contributed by atoms with E-state index in [1.807, 2.05) is 0 Å². The lowest BCUT2D eigenvalue weighted by atomic mass is 10.1. The fraction of sp³-hybridized carbons (Fsp3) is 0.423. The smallest absolute Gasteiger partial charge is 0.407 e. The highest BCUT2D eigenvalue weighted by Gasteiger charge is 2.43. The molecule has 10 nitrogen and oxygen atoms in total. The standard InChI is InChI=1S/C26H31ClN4O6S/c1-26(2,3)37-25(34)29-14-16-10-11-18(27)13-17(16)15-28-23(32)20-8-6-12-31(20)24(33)22-19-7-4-5-9-21(19)38(35,36)30-22/h4-5,7,9-11,13,20,22,30H,6,8,12,14-15H2,1-3H3,(H,28,32)(H,29,34)/t20-,22?/m0/s1. The Balaban J connectivity index is 1.42. The van der Waals surface area contributed by atoms with Crippen molar-refractivity contribution in [2.75, 3.05) is 6.54 Å². The number of sulfonamides is 1. The third-order valence-corrected chi connectivity index (χ3v) is 8.05. The zero-order valence-electron chi connectivity index (χ0n) is 21.4. The van der Waals surface area contributed by atoms with Gasteiger partial charge in [0.2, 0.25) is 21.8 Å². The van der Waals surface area contributed by atoms with Gasteiger partial charge in [0, 0.05) is 24.7 Å². The van der Waals surface area contributed by atoms with Crippen molar-refractivity contribution in [2.45, 2.75) is 69.3 Å². The highest BCUT2D eigenvalue weighted by atomic mass is 35.5. The summed E-state index contributed by atoms with van der Waals surface area (Å²) in [7, 11) is -3.79. The first kappa shape index (κ1) is 27.9. The molecule has 1 unspecified atom stereocenters. The van der Waals surface area contributed by atoms with Crippen molar-refractivity contribution in [1.29, 1.82) is 0 Å². The summed E-state index contributed by atoms with van der Waals surface area (Å²) in [6, 6.07) is 9.69. The molecule has 204 valence electrons. The van der Waals surface area contributed by atoms with Gasteiger partial charge in [0.1, 0.15) is 17.7 Å². The Morgan fingerprint density at radius 3 is 2.53 bits per heavy atom. The predicted molar refractivity (Wildman–Crippen MR) is 141 cm³/mol. The van der Waals surface area contributed by atoms with E-state index in [9.17, 15) is 22.8 Å². The van der Waals surface area contributed by atoms with Gasteiger partial charge in [0.05, 0.1) is 4.90 Å². The van der Waals surface area contributed by atoms with Crippen LogP contribution in [0, 0.1) is 0 Å². The number of nitrogens with one attached hydrogen (secondary N) is 3. The molecule has 0 spiro atoms. The molecule has 2 aliphatic rings. The van der Waals surface area contributed by atoms with Gasteiger partial charge >= 0.3 is 6.09 Å². The molecule has 0 aliphatic carbocycles. The molecule has 12 heteroatoms. The van der Waals surface area contributed by atoms with Gasteiger partial charge in [0.25, 0.3) is 0 Å². The number of halogens is 1. The maximum absolute atomic E-state index is 13.4. The van der Waals surface area contributed by atoms with E-state index in [2.05, 4.69) is 15.4 Å². The summed E-state index contributed by atoms with van der Waals surface area (Å²) in [6.45, 7) is 5.96. The normalized spacial score (nSPS) is 20.1. The van der Waals surface area contributed by atoms with E-state index < -0.39 is 39.7 Å². The minimum atomic E-state index is -3.79. The Labute approximate surface area is 227 Å². The van der Waals surface area contributed by atoms with Gasteiger partial charge in [-0.05, 0) is 68.5 Å². The molecule has 2 atom stereocenters. The van der Waals surface area contributed by atoms with Gasteiger partial charge in [-0.15, -0.1) is 0 Å². The SMILES string of the molecule is CC(C)(C)OC(=O)NCc1ccc(Cl)cc1CNC(=O)[C@@H]1CCCN1C(=O)C1NS(=O)(=O)c2ccccc21. The molecule has 0 radical (unpaired) electrons. The largest absolute Gasteiger partial charge is 0.444 e. The minimum Gasteiger partial charge on any atom is -0.444 e. The van der Waals surface area contributed by atoms with Gasteiger partial charge in [-0.2, -0.15) is 4.72 Å². The quantitative estimate of drug-likeness (QED) is 0.495. The first-order valence-electron chi connectivity index (χ1n) is 12.3. The van der Waals surface area contributed by atoms with Crippen molar-refractivity contribution in [1.82, 2.24) is 20.3 Å². The second-order valence-electron chi connectivity index (χ2n) is 10.3. The Bertz CT molecular complexity index is 1360. The molecule has 2 aromatic rings. The van der Waals surface area contributed by atoms with Crippen molar-refractivity contribution in [2.24, 2.45) is 0 Å². The summed E-state index contributed by atoms with van der Waals surface area (Å²) >= 11 is 6.18. The van der Waals surface area contributed by atoms with E-state index in [4.69, 9.17) is 16.3 Å². The molecule has 38 heavy (non-hydrogen) atoms. The number of alkyl carbamates (subject to hydrolysis) is 1. The number of benzene rings is 2. The van der Waals surface area contributed by atoms with E-state index in [1.165, 1.54) is 11.0 Å². The maximum Gasteiger partial charge on any atom is 0.407 e. The number of nitrogens with zero attached hydrogens (tertiary/aromatic N) is 1. The molecule has 2 aromatic carbocycles. The Hall–Kier alpha value is -3.15. The van der Waals surface area contributed by atoms with Crippen LogP contribution in [0.25, 0.3) is 0 Å². The molecule has 0 bridgehead atoms. The fourth-order valence-corrected chi connectivity index (χ4v) is 6.23. The molecule has 3 amide bonds. The molecule has 1 saturated heterocycles. The van der Waals surface area contributed by atoms with Gasteiger partial charge < -0.3 is 20.3 Å². The Kier molecular flexibility index (Phi) is 8.01. The Morgan fingerprint density at radius 2 is 1.79 bits per heavy atom. The molecule has 4 rings (SSSR count). The van der Waals surface area contributed by atoms with Crippen molar-refractivity contribution < 1.29 is 27.5 Å². The summed E-state index contributed by atoms with van der Waals surface area (Å²) in [5.41, 5.74) is 1.20. The average molecular weight is 563 g/mol. The zero-order valence-corrected chi connectivity index (χ0v) is 23.0. The molecule has 0 aromatic heterocycles. The minimum absolute atomic E-state index is 0.0759. The third kappa shape index (κ3) is 6.28. The number of amides is 3. The summed E-state index contributed by atoms with van der Waals surface area (Å²) in [6.07, 6.45) is 0.515. The number of carbonyl (C=O) groups is 3. The maximum atomic E-state index is 13.4. The van der Waals surface area contributed by atoms with Crippen molar-refractivity contribution in [3.63, 3.8) is 0 Å². The average Bonchev–Trinajstić information content (AvgIpc) is 3.43. The van der Waals surface area contributed by atoms with Crippen LogP contribution < -0.4 is 15.4 Å². The number of fused-ring (bicyclic) bond motifs is 1. The summed E-state index contributed by atoms with van der Waals surface area (Å²) in [5.74, 6) is -0.808. The van der Waals surface area contributed by atoms with Crippen LogP contribution in [-0.4, -0.2) is 49.4 Å². The number of carbonyl (C=O) groups excluding carboxylic acids is 3. The Morgan fingerprint density at radius 1 is 1.08 bits per heavy atom. The number of hydrogen-bond donors (Lipinski definition) is 3. The third-order valence-electron chi connectivity index (χ3n) is 6.32. The van der Waals surface area contributed by atoms with Crippen LogP contribution in [0.1, 0.15) is 56.3 Å². The second-order valence-corrected chi connectivity index (χ2v) is 12.4. The summed E-state index contributed by atoms with van der Waals surface area (Å²) < 4.78 is 32.7. The van der Waals surface area contributed by atoms with Crippen LogP contribution in [0.4, 0.5) is 4.79 Å². The van der Waals surface area contributed by atoms with Crippen LogP contribution in [0.5, 0.6) is 0 Å². The number of hydrogen-bond acceptors (Lipinski definition) is 6. The first-order valence-corrected chi connectivity index (χ1v) is 14.2. The highest BCUT2D eigenvalue weighted by Crippen LogP contribution is 2.33. The van der Waals surface area contributed by atoms with E-state index in [0.29, 0.717) is 35.5 Å². The molecule has 2 aliphatic heterocycles. The monoisotopic (exact) mass is 562 g/mol. The molecule has 2 heterocycles. The van der Waals surface area contributed by atoms with Gasteiger partial charge in [0.15, 0.2) is 0 Å². The molecular formula is C26H31ClN4O6S. The molecular weight excluding hydrogens is 532 g/mol. The van der Waals surface area contributed by atoms with Crippen LogP contribution in [-0.2, 0) is 37.4 Å². The van der Waals surface area contributed by atoms with Crippen molar-refractivity contribution >= 4 is 39.5 Å². The lowest BCUT2D eigenvalue weighted by molar-refractivity contribution is -0.139. The number of ether oxygens (including phenoxy) is 1.